The molecule has 1 atom stereocenters. The Labute approximate surface area is 158 Å². The zero-order valence-electron chi connectivity index (χ0n) is 14.9. The second-order valence-corrected chi connectivity index (χ2v) is 6.95. The Balaban J connectivity index is 0.00000144. The minimum atomic E-state index is 0. The van der Waals surface area contributed by atoms with Crippen LogP contribution >= 0.6 is 24.8 Å². The lowest BCUT2D eigenvalue weighted by molar-refractivity contribution is 0.155. The lowest BCUT2D eigenvalue weighted by Gasteiger charge is -2.37. The molecule has 134 valence electrons. The first kappa shape index (κ1) is 21.2. The van der Waals surface area contributed by atoms with Crippen molar-refractivity contribution in [2.75, 3.05) is 26.2 Å². The van der Waals surface area contributed by atoms with Crippen LogP contribution in [0.15, 0.2) is 36.4 Å². The average Bonchev–Trinajstić information content (AvgIpc) is 2.54. The Morgan fingerprint density at radius 2 is 1.58 bits per heavy atom. The number of halogens is 2. The molecule has 0 spiro atoms. The summed E-state index contributed by atoms with van der Waals surface area (Å²) in [6.45, 7) is 11.4. The standard InChI is InChI=1S/C20H28N2.2ClH/c1-15(2)14-20(22-12-10-21-11-13-22)19-9-8-16(3)17-6-4-5-7-18(17)19;;/h4-9,15,20-21H,10-14H2,1-3H3;2*1H/t20-;;/m0../s1. The van der Waals surface area contributed by atoms with Gasteiger partial charge in [0.1, 0.15) is 0 Å². The van der Waals surface area contributed by atoms with Crippen LogP contribution in [-0.2, 0) is 0 Å². The second kappa shape index (κ2) is 9.62. The summed E-state index contributed by atoms with van der Waals surface area (Å²) in [4.78, 5) is 2.67. The number of hydrogen-bond donors (Lipinski definition) is 1. The Bertz CT molecular complexity index is 637. The highest BCUT2D eigenvalue weighted by molar-refractivity contribution is 5.89. The molecular formula is C20H30Cl2N2. The molecule has 4 heteroatoms. The molecule has 24 heavy (non-hydrogen) atoms. The summed E-state index contributed by atoms with van der Waals surface area (Å²) < 4.78 is 0. The SMILES string of the molecule is Cc1ccc([C@H](CC(C)C)N2CCNCC2)c2ccccc12.Cl.Cl. The molecule has 2 aromatic carbocycles. The fourth-order valence-electron chi connectivity index (χ4n) is 3.68. The number of benzene rings is 2. The van der Waals surface area contributed by atoms with Crippen LogP contribution in [-0.4, -0.2) is 31.1 Å². The summed E-state index contributed by atoms with van der Waals surface area (Å²) in [5.74, 6) is 0.708. The van der Waals surface area contributed by atoms with E-state index in [0.29, 0.717) is 12.0 Å². The molecule has 3 rings (SSSR count). The van der Waals surface area contributed by atoms with Gasteiger partial charge in [-0.05, 0) is 41.2 Å². The summed E-state index contributed by atoms with van der Waals surface area (Å²) in [5, 5.41) is 6.32. The van der Waals surface area contributed by atoms with E-state index in [2.05, 4.69) is 67.4 Å². The maximum atomic E-state index is 3.48. The van der Waals surface area contributed by atoms with Gasteiger partial charge in [-0.2, -0.15) is 0 Å². The van der Waals surface area contributed by atoms with Gasteiger partial charge in [0.05, 0.1) is 0 Å². The third-order valence-corrected chi connectivity index (χ3v) is 4.82. The van der Waals surface area contributed by atoms with Crippen molar-refractivity contribution in [3.63, 3.8) is 0 Å². The summed E-state index contributed by atoms with van der Waals surface area (Å²) in [7, 11) is 0. The fraction of sp³-hybridized carbons (Fsp3) is 0.500. The summed E-state index contributed by atoms with van der Waals surface area (Å²) in [6.07, 6.45) is 1.23. The van der Waals surface area contributed by atoms with Crippen LogP contribution in [0.5, 0.6) is 0 Å². The van der Waals surface area contributed by atoms with E-state index in [4.69, 9.17) is 0 Å². The number of nitrogens with one attached hydrogen (secondary N) is 1. The zero-order valence-corrected chi connectivity index (χ0v) is 16.6. The van der Waals surface area contributed by atoms with Gasteiger partial charge >= 0.3 is 0 Å². The van der Waals surface area contributed by atoms with Gasteiger partial charge in [-0.15, -0.1) is 24.8 Å². The number of nitrogens with zero attached hydrogens (tertiary/aromatic N) is 1. The maximum Gasteiger partial charge on any atom is 0.0357 e. The van der Waals surface area contributed by atoms with Gasteiger partial charge < -0.3 is 5.32 Å². The van der Waals surface area contributed by atoms with Crippen LogP contribution in [0, 0.1) is 12.8 Å². The topological polar surface area (TPSA) is 15.3 Å². The molecule has 0 unspecified atom stereocenters. The van der Waals surface area contributed by atoms with Crippen LogP contribution in [0.25, 0.3) is 10.8 Å². The average molecular weight is 369 g/mol. The molecule has 2 nitrogen and oxygen atoms in total. The lowest BCUT2D eigenvalue weighted by Crippen LogP contribution is -2.45. The monoisotopic (exact) mass is 368 g/mol. The largest absolute Gasteiger partial charge is 0.314 e. The normalized spacial score (nSPS) is 16.5. The van der Waals surface area contributed by atoms with E-state index in [-0.39, 0.29) is 24.8 Å². The van der Waals surface area contributed by atoms with Crippen molar-refractivity contribution in [2.45, 2.75) is 33.2 Å². The third kappa shape index (κ3) is 4.64. The lowest BCUT2D eigenvalue weighted by atomic mass is 9.90. The van der Waals surface area contributed by atoms with Gasteiger partial charge in [-0.25, -0.2) is 0 Å². The number of hydrogen-bond acceptors (Lipinski definition) is 2. The Morgan fingerprint density at radius 1 is 0.958 bits per heavy atom. The minimum absolute atomic E-state index is 0. The molecule has 0 aliphatic carbocycles. The predicted octanol–water partition coefficient (Wildman–Crippen LogP) is 4.98. The van der Waals surface area contributed by atoms with E-state index >= 15 is 0 Å². The number of piperazine rings is 1. The molecule has 1 N–H and O–H groups in total. The molecule has 0 amide bonds. The van der Waals surface area contributed by atoms with Gasteiger partial charge in [-0.3, -0.25) is 4.90 Å². The number of rotatable bonds is 4. The van der Waals surface area contributed by atoms with Crippen molar-refractivity contribution in [2.24, 2.45) is 5.92 Å². The van der Waals surface area contributed by atoms with E-state index in [1.54, 1.807) is 0 Å². The van der Waals surface area contributed by atoms with E-state index < -0.39 is 0 Å². The zero-order chi connectivity index (χ0) is 15.5. The van der Waals surface area contributed by atoms with E-state index in [1.807, 2.05) is 0 Å². The first-order valence-electron chi connectivity index (χ1n) is 8.60. The molecule has 1 aliphatic rings. The highest BCUT2D eigenvalue weighted by atomic mass is 35.5. The third-order valence-electron chi connectivity index (χ3n) is 4.82. The Hall–Kier alpha value is -0.800. The molecule has 0 aromatic heterocycles. The van der Waals surface area contributed by atoms with Crippen LogP contribution in [0.4, 0.5) is 0 Å². The summed E-state index contributed by atoms with van der Waals surface area (Å²) >= 11 is 0. The smallest absolute Gasteiger partial charge is 0.0357 e. The highest BCUT2D eigenvalue weighted by Gasteiger charge is 2.24. The molecule has 0 radical (unpaired) electrons. The number of aryl methyl sites for hydroxylation is 1. The molecule has 1 fully saturated rings. The molecular weight excluding hydrogens is 339 g/mol. The van der Waals surface area contributed by atoms with Crippen molar-refractivity contribution < 1.29 is 0 Å². The van der Waals surface area contributed by atoms with Crippen LogP contribution < -0.4 is 5.32 Å². The summed E-state index contributed by atoms with van der Waals surface area (Å²) in [6, 6.07) is 14.1. The molecule has 0 bridgehead atoms. The van der Waals surface area contributed by atoms with Crippen LogP contribution in [0.3, 0.4) is 0 Å². The van der Waals surface area contributed by atoms with E-state index in [0.717, 1.165) is 26.2 Å². The second-order valence-electron chi connectivity index (χ2n) is 6.95. The number of fused-ring (bicyclic) bond motifs is 1. The van der Waals surface area contributed by atoms with Gasteiger partial charge in [0, 0.05) is 32.2 Å². The predicted molar refractivity (Wildman–Crippen MR) is 110 cm³/mol. The molecule has 1 saturated heterocycles. The van der Waals surface area contributed by atoms with Crippen molar-refractivity contribution in [3.05, 3.63) is 47.5 Å². The summed E-state index contributed by atoms with van der Waals surface area (Å²) in [5.41, 5.74) is 2.89. The van der Waals surface area contributed by atoms with Crippen LogP contribution in [0.2, 0.25) is 0 Å². The minimum Gasteiger partial charge on any atom is -0.314 e. The quantitative estimate of drug-likeness (QED) is 0.817. The fourth-order valence-corrected chi connectivity index (χ4v) is 3.68. The van der Waals surface area contributed by atoms with Crippen molar-refractivity contribution in [1.82, 2.24) is 10.2 Å². The van der Waals surface area contributed by atoms with Crippen molar-refractivity contribution >= 4 is 35.6 Å². The van der Waals surface area contributed by atoms with Gasteiger partial charge in [0.15, 0.2) is 0 Å². The van der Waals surface area contributed by atoms with Gasteiger partial charge in [-0.1, -0.05) is 50.2 Å². The molecule has 0 saturated carbocycles. The Morgan fingerprint density at radius 3 is 2.21 bits per heavy atom. The first-order chi connectivity index (χ1) is 10.7. The van der Waals surface area contributed by atoms with Gasteiger partial charge in [0.25, 0.3) is 0 Å². The molecule has 2 aromatic rings. The van der Waals surface area contributed by atoms with Crippen molar-refractivity contribution in [1.29, 1.82) is 0 Å². The van der Waals surface area contributed by atoms with Gasteiger partial charge in [0.2, 0.25) is 0 Å². The van der Waals surface area contributed by atoms with Crippen molar-refractivity contribution in [3.8, 4) is 0 Å². The van der Waals surface area contributed by atoms with E-state index in [9.17, 15) is 0 Å². The van der Waals surface area contributed by atoms with Crippen LogP contribution in [0.1, 0.15) is 37.4 Å². The van der Waals surface area contributed by atoms with E-state index in [1.165, 1.54) is 28.3 Å². The first-order valence-corrected chi connectivity index (χ1v) is 8.60. The molecule has 1 aliphatic heterocycles. The maximum absolute atomic E-state index is 3.48. The Kier molecular flexibility index (Phi) is 8.52. The highest BCUT2D eigenvalue weighted by Crippen LogP contribution is 2.34. The molecule has 1 heterocycles.